The Morgan fingerprint density at radius 1 is 1.07 bits per heavy atom. The Morgan fingerprint density at radius 3 is 2.43 bits per heavy atom. The molecule has 6 heteroatoms. The van der Waals surface area contributed by atoms with E-state index in [9.17, 15) is 9.90 Å². The van der Waals surface area contributed by atoms with E-state index in [2.05, 4.69) is 10.3 Å². The van der Waals surface area contributed by atoms with Crippen molar-refractivity contribution in [2.45, 2.75) is 101 Å². The largest absolute Gasteiger partial charge is 0.460 e. The third-order valence-electron chi connectivity index (χ3n) is 8.65. The van der Waals surface area contributed by atoms with Gasteiger partial charge in [-0.3, -0.25) is 4.79 Å². The van der Waals surface area contributed by atoms with Gasteiger partial charge >= 0.3 is 6.01 Å². The number of nitrogens with zero attached hydrogens (tertiary/aromatic N) is 2. The number of aromatic nitrogens is 2. The highest BCUT2D eigenvalue weighted by Crippen LogP contribution is 2.55. The zero-order valence-electron chi connectivity index (χ0n) is 17.7. The predicted molar refractivity (Wildman–Crippen MR) is 111 cm³/mol. The van der Waals surface area contributed by atoms with Crippen molar-refractivity contribution in [2.75, 3.05) is 0 Å². The average Bonchev–Trinajstić information content (AvgIpc) is 3.21. The fourth-order valence-electron chi connectivity index (χ4n) is 7.20. The van der Waals surface area contributed by atoms with E-state index in [0.29, 0.717) is 35.2 Å². The molecule has 2 atom stereocenters. The highest BCUT2D eigenvalue weighted by atomic mass is 16.5. The SMILES string of the molecule is O=C(N[C@H]1C2CC3CC1C[C@@](O)(C3)C2)c1cnc(OC2CCC2)nc1C1CCCC1. The maximum absolute atomic E-state index is 13.4. The summed E-state index contributed by atoms with van der Waals surface area (Å²) in [6, 6.07) is 0.617. The minimum Gasteiger partial charge on any atom is -0.460 e. The first kappa shape index (κ1) is 19.0. The molecule has 6 saturated carbocycles. The van der Waals surface area contributed by atoms with Gasteiger partial charge < -0.3 is 15.2 Å². The second-order valence-corrected chi connectivity index (χ2v) is 10.8. The first-order valence-corrected chi connectivity index (χ1v) is 12.1. The maximum Gasteiger partial charge on any atom is 0.316 e. The number of rotatable bonds is 5. The highest BCUT2D eigenvalue weighted by molar-refractivity contribution is 5.95. The summed E-state index contributed by atoms with van der Waals surface area (Å²) in [4.78, 5) is 22.6. The van der Waals surface area contributed by atoms with Crippen molar-refractivity contribution in [1.29, 1.82) is 0 Å². The van der Waals surface area contributed by atoms with Crippen LogP contribution in [-0.4, -0.2) is 38.7 Å². The van der Waals surface area contributed by atoms with Crippen LogP contribution in [0.5, 0.6) is 6.01 Å². The van der Waals surface area contributed by atoms with Crippen LogP contribution in [0, 0.1) is 17.8 Å². The molecule has 2 N–H and O–H groups in total. The van der Waals surface area contributed by atoms with Crippen LogP contribution < -0.4 is 10.1 Å². The van der Waals surface area contributed by atoms with Crippen molar-refractivity contribution in [3.63, 3.8) is 0 Å². The lowest BCUT2D eigenvalue weighted by atomic mass is 9.52. The summed E-state index contributed by atoms with van der Waals surface area (Å²) in [7, 11) is 0. The Labute approximate surface area is 178 Å². The van der Waals surface area contributed by atoms with Gasteiger partial charge in [-0.25, -0.2) is 4.98 Å². The van der Waals surface area contributed by atoms with E-state index in [1.807, 2.05) is 0 Å². The minimum atomic E-state index is -0.476. The number of carbonyl (C=O) groups is 1. The first-order valence-electron chi connectivity index (χ1n) is 12.1. The Morgan fingerprint density at radius 2 is 1.80 bits per heavy atom. The summed E-state index contributed by atoms with van der Waals surface area (Å²) in [6.07, 6.45) is 14.8. The van der Waals surface area contributed by atoms with Crippen LogP contribution in [0.15, 0.2) is 6.20 Å². The van der Waals surface area contributed by atoms with Crippen LogP contribution in [-0.2, 0) is 0 Å². The van der Waals surface area contributed by atoms with Crippen molar-refractivity contribution >= 4 is 5.91 Å². The average molecular weight is 412 g/mol. The van der Waals surface area contributed by atoms with Crippen LogP contribution in [0.1, 0.15) is 99.0 Å². The van der Waals surface area contributed by atoms with E-state index in [0.717, 1.165) is 63.5 Å². The quantitative estimate of drug-likeness (QED) is 0.771. The van der Waals surface area contributed by atoms with Crippen LogP contribution in [0.4, 0.5) is 0 Å². The van der Waals surface area contributed by atoms with Gasteiger partial charge in [0.15, 0.2) is 0 Å². The molecule has 1 heterocycles. The van der Waals surface area contributed by atoms with E-state index in [-0.39, 0.29) is 18.1 Å². The van der Waals surface area contributed by atoms with E-state index in [1.54, 1.807) is 6.20 Å². The summed E-state index contributed by atoms with van der Waals surface area (Å²) in [6.45, 7) is 0. The predicted octanol–water partition coefficient (Wildman–Crippen LogP) is 3.73. The molecular formula is C24H33N3O3. The van der Waals surface area contributed by atoms with Crippen molar-refractivity contribution in [2.24, 2.45) is 17.8 Å². The molecule has 6 fully saturated rings. The summed E-state index contributed by atoms with van der Waals surface area (Å²) in [5.41, 5.74) is 1.04. The third-order valence-corrected chi connectivity index (χ3v) is 8.65. The number of hydrogen-bond acceptors (Lipinski definition) is 5. The van der Waals surface area contributed by atoms with E-state index < -0.39 is 5.60 Å². The number of amides is 1. The van der Waals surface area contributed by atoms with E-state index in [4.69, 9.17) is 9.72 Å². The number of carbonyl (C=O) groups excluding carboxylic acids is 1. The Hall–Kier alpha value is -1.69. The maximum atomic E-state index is 13.4. The third kappa shape index (κ3) is 3.31. The molecule has 4 bridgehead atoms. The molecule has 6 nitrogen and oxygen atoms in total. The van der Waals surface area contributed by atoms with Gasteiger partial charge in [0.25, 0.3) is 5.91 Å². The molecule has 0 aliphatic heterocycles. The Balaban J connectivity index is 1.23. The fraction of sp³-hybridized carbons (Fsp3) is 0.792. The van der Waals surface area contributed by atoms with Gasteiger partial charge in [0.05, 0.1) is 16.9 Å². The molecule has 0 spiro atoms. The monoisotopic (exact) mass is 411 g/mol. The second kappa shape index (κ2) is 7.18. The molecule has 1 aromatic rings. The summed E-state index contributed by atoms with van der Waals surface area (Å²) in [5.74, 6) is 1.75. The number of nitrogens with one attached hydrogen (secondary N) is 1. The zero-order valence-corrected chi connectivity index (χ0v) is 17.7. The Kier molecular flexibility index (Phi) is 4.55. The van der Waals surface area contributed by atoms with Crippen molar-refractivity contribution in [3.05, 3.63) is 17.5 Å². The smallest absolute Gasteiger partial charge is 0.316 e. The molecule has 6 aliphatic carbocycles. The van der Waals surface area contributed by atoms with Gasteiger partial charge in [0.1, 0.15) is 6.10 Å². The van der Waals surface area contributed by atoms with Crippen LogP contribution in [0.25, 0.3) is 0 Å². The van der Waals surface area contributed by atoms with Gasteiger partial charge in [0, 0.05) is 18.2 Å². The number of aliphatic hydroxyl groups is 1. The molecule has 6 aliphatic rings. The topological polar surface area (TPSA) is 84.3 Å². The van der Waals surface area contributed by atoms with Crippen LogP contribution in [0.2, 0.25) is 0 Å². The molecule has 1 aromatic heterocycles. The van der Waals surface area contributed by atoms with E-state index in [1.165, 1.54) is 19.3 Å². The molecule has 0 saturated heterocycles. The van der Waals surface area contributed by atoms with E-state index >= 15 is 0 Å². The van der Waals surface area contributed by atoms with Crippen molar-refractivity contribution < 1.29 is 14.6 Å². The van der Waals surface area contributed by atoms with Gasteiger partial charge in [-0.1, -0.05) is 12.8 Å². The van der Waals surface area contributed by atoms with Crippen molar-refractivity contribution in [3.8, 4) is 6.01 Å². The number of ether oxygens (including phenoxy) is 1. The molecule has 0 aromatic carbocycles. The van der Waals surface area contributed by atoms with Gasteiger partial charge in [-0.2, -0.15) is 4.98 Å². The number of hydrogen-bond donors (Lipinski definition) is 2. The molecule has 2 unspecified atom stereocenters. The molecule has 30 heavy (non-hydrogen) atoms. The van der Waals surface area contributed by atoms with Crippen molar-refractivity contribution in [1.82, 2.24) is 15.3 Å². The standard InChI is InChI=1S/C24H33N3O3/c28-22(26-20-16-8-14-9-17(20)12-24(29,10-14)11-16)19-13-25-23(30-18-6-3-7-18)27-21(19)15-4-1-2-5-15/h13-18,20,29H,1-12H2,(H,26,28)/t14?,16?,17?,20-,24+. The molecular weight excluding hydrogens is 378 g/mol. The van der Waals surface area contributed by atoms with Crippen LogP contribution >= 0.6 is 0 Å². The van der Waals surface area contributed by atoms with Gasteiger partial charge in [-0.15, -0.1) is 0 Å². The minimum absolute atomic E-state index is 0.0310. The lowest BCUT2D eigenvalue weighted by Gasteiger charge is -2.58. The van der Waals surface area contributed by atoms with Gasteiger partial charge in [-0.05, 0) is 82.0 Å². The van der Waals surface area contributed by atoms with Crippen LogP contribution in [0.3, 0.4) is 0 Å². The summed E-state index contributed by atoms with van der Waals surface area (Å²) >= 11 is 0. The normalized spacial score (nSPS) is 37.9. The fourth-order valence-corrected chi connectivity index (χ4v) is 7.20. The highest BCUT2D eigenvalue weighted by Gasteiger charge is 2.55. The second-order valence-electron chi connectivity index (χ2n) is 10.8. The zero-order chi connectivity index (χ0) is 20.3. The first-order chi connectivity index (χ1) is 14.6. The van der Waals surface area contributed by atoms with Gasteiger partial charge in [0.2, 0.25) is 0 Å². The lowest BCUT2D eigenvalue weighted by molar-refractivity contribution is -0.136. The summed E-state index contributed by atoms with van der Waals surface area (Å²) < 4.78 is 5.94. The molecule has 0 radical (unpaired) electrons. The molecule has 1 amide bonds. The Bertz CT molecular complexity index is 817. The summed E-state index contributed by atoms with van der Waals surface area (Å²) in [5, 5.41) is 14.2. The molecule has 162 valence electrons. The molecule has 7 rings (SSSR count). The lowest BCUT2D eigenvalue weighted by Crippen LogP contribution is -2.61.